The predicted octanol–water partition coefficient (Wildman–Crippen LogP) is 5.59. The van der Waals surface area contributed by atoms with Crippen molar-refractivity contribution in [3.63, 3.8) is 0 Å². The molecule has 8 nitrogen and oxygen atoms in total. The maximum absolute atomic E-state index is 11.1. The summed E-state index contributed by atoms with van der Waals surface area (Å²) in [5, 5.41) is 19.4. The van der Waals surface area contributed by atoms with E-state index < -0.39 is 5.97 Å². The normalized spacial score (nSPS) is 20.7. The second-order valence-corrected chi connectivity index (χ2v) is 10.7. The van der Waals surface area contributed by atoms with E-state index in [2.05, 4.69) is 9.97 Å². The monoisotopic (exact) mass is 533 g/mol. The van der Waals surface area contributed by atoms with Crippen molar-refractivity contribution in [3.05, 3.63) is 65.2 Å². The lowest BCUT2D eigenvalue weighted by molar-refractivity contribution is -0.176. The van der Waals surface area contributed by atoms with Gasteiger partial charge in [-0.2, -0.15) is 4.98 Å². The minimum Gasteiger partial charge on any atom is -0.478 e. The lowest BCUT2D eigenvalue weighted by Crippen LogP contribution is -2.52. The highest BCUT2D eigenvalue weighted by Crippen LogP contribution is 2.44. The zero-order valence-corrected chi connectivity index (χ0v) is 21.4. The van der Waals surface area contributed by atoms with Crippen molar-refractivity contribution in [2.45, 2.75) is 31.8 Å². The van der Waals surface area contributed by atoms with Gasteiger partial charge in [0.2, 0.25) is 0 Å². The van der Waals surface area contributed by atoms with E-state index in [9.17, 15) is 9.90 Å². The summed E-state index contributed by atoms with van der Waals surface area (Å²) in [4.78, 5) is 23.6. The molecule has 0 atom stereocenters. The first-order valence-corrected chi connectivity index (χ1v) is 13.2. The number of halogens is 1. The number of hydrogen-bond acceptors (Lipinski definition) is 6. The van der Waals surface area contributed by atoms with Gasteiger partial charge in [0, 0.05) is 11.0 Å². The first-order valence-electron chi connectivity index (χ1n) is 12.8. The molecule has 196 valence electrons. The molecule has 2 aromatic carbocycles. The van der Waals surface area contributed by atoms with E-state index in [4.69, 9.17) is 31.2 Å². The summed E-state index contributed by atoms with van der Waals surface area (Å²) in [7, 11) is 0. The molecule has 4 aromatic rings. The summed E-state index contributed by atoms with van der Waals surface area (Å²) in [6, 6.07) is 16.8. The fourth-order valence-electron chi connectivity index (χ4n) is 5.55. The number of aromatic nitrogens is 3. The van der Waals surface area contributed by atoms with Gasteiger partial charge in [0.15, 0.2) is 5.65 Å². The Morgan fingerprint density at radius 2 is 1.63 bits per heavy atom. The van der Waals surface area contributed by atoms with Gasteiger partial charge in [-0.25, -0.2) is 9.78 Å². The molecule has 3 heterocycles. The fourth-order valence-corrected chi connectivity index (χ4v) is 5.81. The van der Waals surface area contributed by atoms with Gasteiger partial charge in [0.25, 0.3) is 6.01 Å². The summed E-state index contributed by atoms with van der Waals surface area (Å²) >= 11 is 6.60. The molecule has 1 saturated heterocycles. The number of aliphatic hydroxyl groups is 1. The van der Waals surface area contributed by atoms with Gasteiger partial charge in [-0.1, -0.05) is 48.0 Å². The van der Waals surface area contributed by atoms with E-state index in [1.54, 1.807) is 24.3 Å². The lowest BCUT2D eigenvalue weighted by Gasteiger charge is -2.48. The number of hydrogen-bond donors (Lipinski definition) is 3. The number of aromatic amines is 1. The standard InChI is InChI=1S/C29H28ClN3O5/c30-23-13-24-26(33-28(31-24)38-22-11-9-21(10-12-22)29(14-34)15-37-16-29)32-25(23)19-5-1-17(2-6-19)18-3-7-20(8-4-18)27(35)36/h1-8,13,21-22,34H,9-12,14-16H2,(H,35,36)(H,31,32,33)/t21-,22-. The third-order valence-electron chi connectivity index (χ3n) is 7.94. The third kappa shape index (κ3) is 4.64. The molecule has 1 saturated carbocycles. The van der Waals surface area contributed by atoms with Gasteiger partial charge < -0.3 is 24.7 Å². The number of H-pyrrole nitrogens is 1. The van der Waals surface area contributed by atoms with Crippen LogP contribution in [0.1, 0.15) is 36.0 Å². The average Bonchev–Trinajstić information content (AvgIpc) is 3.30. The number of benzene rings is 2. The van der Waals surface area contributed by atoms with Crippen LogP contribution < -0.4 is 4.74 Å². The zero-order valence-electron chi connectivity index (χ0n) is 20.7. The Bertz CT molecular complexity index is 1450. The Morgan fingerprint density at radius 3 is 2.21 bits per heavy atom. The van der Waals surface area contributed by atoms with E-state index in [0.29, 0.717) is 47.0 Å². The summed E-state index contributed by atoms with van der Waals surface area (Å²) < 4.78 is 11.6. The third-order valence-corrected chi connectivity index (χ3v) is 8.23. The van der Waals surface area contributed by atoms with Crippen molar-refractivity contribution in [1.82, 2.24) is 15.0 Å². The Morgan fingerprint density at radius 1 is 1.00 bits per heavy atom. The van der Waals surface area contributed by atoms with Crippen LogP contribution in [0, 0.1) is 11.3 Å². The first-order chi connectivity index (χ1) is 18.4. The van der Waals surface area contributed by atoms with Crippen molar-refractivity contribution < 1.29 is 24.5 Å². The van der Waals surface area contributed by atoms with Crippen LogP contribution in [0.2, 0.25) is 5.02 Å². The molecule has 0 unspecified atom stereocenters. The van der Waals surface area contributed by atoms with Crippen molar-refractivity contribution in [2.24, 2.45) is 11.3 Å². The van der Waals surface area contributed by atoms with Gasteiger partial charge in [0.05, 0.1) is 41.6 Å². The zero-order chi connectivity index (χ0) is 26.3. The molecule has 1 aliphatic heterocycles. The molecular weight excluding hydrogens is 506 g/mol. The number of carboxylic acid groups (broad SMARTS) is 1. The highest BCUT2D eigenvalue weighted by molar-refractivity contribution is 6.33. The number of aromatic carboxylic acids is 1. The van der Waals surface area contributed by atoms with Crippen LogP contribution in [0.3, 0.4) is 0 Å². The van der Waals surface area contributed by atoms with Crippen LogP contribution in [0.15, 0.2) is 54.6 Å². The molecule has 3 N–H and O–H groups in total. The number of aliphatic hydroxyl groups excluding tert-OH is 1. The Labute approximate surface area is 224 Å². The number of carboxylic acids is 1. The largest absolute Gasteiger partial charge is 0.478 e. The van der Waals surface area contributed by atoms with Crippen molar-refractivity contribution in [1.29, 1.82) is 0 Å². The van der Waals surface area contributed by atoms with Crippen LogP contribution in [0.4, 0.5) is 0 Å². The minimum absolute atomic E-state index is 0.0649. The number of nitrogens with zero attached hydrogens (tertiary/aromatic N) is 2. The second kappa shape index (κ2) is 10.0. The van der Waals surface area contributed by atoms with Gasteiger partial charge in [-0.05, 0) is 60.9 Å². The summed E-state index contributed by atoms with van der Waals surface area (Å²) in [5.74, 6) is -0.479. The number of imidazole rings is 1. The topological polar surface area (TPSA) is 118 Å². The van der Waals surface area contributed by atoms with E-state index in [1.807, 2.05) is 30.3 Å². The quantitative estimate of drug-likeness (QED) is 0.283. The average molecular weight is 534 g/mol. The molecule has 38 heavy (non-hydrogen) atoms. The number of nitrogens with one attached hydrogen (secondary N) is 1. The molecule has 2 aromatic heterocycles. The molecule has 0 radical (unpaired) electrons. The lowest BCUT2D eigenvalue weighted by atomic mass is 9.67. The first kappa shape index (κ1) is 24.9. The predicted molar refractivity (Wildman–Crippen MR) is 143 cm³/mol. The smallest absolute Gasteiger partial charge is 0.335 e. The highest BCUT2D eigenvalue weighted by Gasteiger charge is 2.46. The SMILES string of the molecule is O=C(O)c1ccc(-c2ccc(-c3nc4nc(O[C@H]5CC[C@H](C6(CO)COC6)CC5)[nH]c4cc3Cl)cc2)cc1. The van der Waals surface area contributed by atoms with Crippen LogP contribution in [0.5, 0.6) is 6.01 Å². The van der Waals surface area contributed by atoms with E-state index in [0.717, 1.165) is 42.4 Å². The molecule has 0 spiro atoms. The van der Waals surface area contributed by atoms with Crippen LogP contribution in [0.25, 0.3) is 33.5 Å². The van der Waals surface area contributed by atoms with Crippen molar-refractivity contribution >= 4 is 28.7 Å². The fraction of sp³-hybridized carbons (Fsp3) is 0.345. The second-order valence-electron chi connectivity index (χ2n) is 10.3. The molecule has 1 aliphatic carbocycles. The molecule has 2 fully saturated rings. The molecule has 0 amide bonds. The number of fused-ring (bicyclic) bond motifs is 1. The van der Waals surface area contributed by atoms with E-state index in [1.165, 1.54) is 0 Å². The van der Waals surface area contributed by atoms with Crippen molar-refractivity contribution in [2.75, 3.05) is 19.8 Å². The number of ether oxygens (including phenoxy) is 2. The maximum Gasteiger partial charge on any atom is 0.335 e. The summed E-state index contributed by atoms with van der Waals surface area (Å²) in [5.41, 5.74) is 4.80. The van der Waals surface area contributed by atoms with E-state index in [-0.39, 0.29) is 23.7 Å². The molecule has 0 bridgehead atoms. The summed E-state index contributed by atoms with van der Waals surface area (Å²) in [6.45, 7) is 1.49. The van der Waals surface area contributed by atoms with Gasteiger partial charge >= 0.3 is 5.97 Å². The summed E-state index contributed by atoms with van der Waals surface area (Å²) in [6.07, 6.45) is 3.89. The van der Waals surface area contributed by atoms with Crippen molar-refractivity contribution in [3.8, 4) is 28.4 Å². The van der Waals surface area contributed by atoms with Crippen LogP contribution >= 0.6 is 11.6 Å². The molecule has 9 heteroatoms. The van der Waals surface area contributed by atoms with Gasteiger partial charge in [0.1, 0.15) is 6.10 Å². The minimum atomic E-state index is -0.947. The Balaban J connectivity index is 1.15. The van der Waals surface area contributed by atoms with Crippen LogP contribution in [-0.4, -0.2) is 57.1 Å². The molecule has 2 aliphatic rings. The van der Waals surface area contributed by atoms with Crippen LogP contribution in [-0.2, 0) is 4.74 Å². The Hall–Kier alpha value is -3.46. The Kier molecular flexibility index (Phi) is 6.55. The maximum atomic E-state index is 11.1. The van der Waals surface area contributed by atoms with Gasteiger partial charge in [-0.15, -0.1) is 0 Å². The highest BCUT2D eigenvalue weighted by atomic mass is 35.5. The molecular formula is C29H28ClN3O5. The number of carbonyl (C=O) groups is 1. The number of pyridine rings is 1. The molecule has 6 rings (SSSR count). The van der Waals surface area contributed by atoms with Gasteiger partial charge in [-0.3, -0.25) is 0 Å². The van der Waals surface area contributed by atoms with E-state index >= 15 is 0 Å². The number of rotatable bonds is 7.